The van der Waals surface area contributed by atoms with E-state index in [9.17, 15) is 0 Å². The van der Waals surface area contributed by atoms with Crippen LogP contribution in [0.15, 0.2) is 48.8 Å². The van der Waals surface area contributed by atoms with Crippen LogP contribution in [0.25, 0.3) is 5.82 Å². The Morgan fingerprint density at radius 1 is 0.969 bits per heavy atom. The number of hydrogen-bond acceptors (Lipinski definition) is 3. The van der Waals surface area contributed by atoms with Crippen molar-refractivity contribution in [2.24, 2.45) is 0 Å². The minimum atomic E-state index is 0.0319. The summed E-state index contributed by atoms with van der Waals surface area (Å²) >= 11 is 5.94. The Bertz CT molecular complexity index is 1120. The average molecular weight is 446 g/mol. The topological polar surface area (TPSA) is 46.0 Å². The summed E-state index contributed by atoms with van der Waals surface area (Å²) in [6.07, 6.45) is 10.0. The molecule has 5 rings (SSSR count). The summed E-state index contributed by atoms with van der Waals surface area (Å²) in [6, 6.07) is 13.2. The van der Waals surface area contributed by atoms with Gasteiger partial charge in [-0.15, -0.1) is 0 Å². The van der Waals surface area contributed by atoms with Crippen LogP contribution in [0, 0.1) is 20.8 Å². The molecule has 166 valence electrons. The van der Waals surface area contributed by atoms with Crippen LogP contribution in [0.4, 0.5) is 0 Å². The minimum absolute atomic E-state index is 0.0319. The third kappa shape index (κ3) is 3.60. The molecule has 3 aromatic rings. The molecular formula is C26H31N5S. The molecule has 0 amide bonds. The lowest BCUT2D eigenvalue weighted by atomic mass is 9.90. The van der Waals surface area contributed by atoms with Crippen molar-refractivity contribution in [1.29, 1.82) is 0 Å². The van der Waals surface area contributed by atoms with E-state index in [1.54, 1.807) is 0 Å². The van der Waals surface area contributed by atoms with Crippen molar-refractivity contribution < 1.29 is 0 Å². The number of aromatic nitrogens is 3. The Hall–Kier alpha value is -2.73. The lowest BCUT2D eigenvalue weighted by Crippen LogP contribution is -2.40. The van der Waals surface area contributed by atoms with Gasteiger partial charge in [-0.2, -0.15) is 0 Å². The van der Waals surface area contributed by atoms with Crippen molar-refractivity contribution in [3.05, 3.63) is 77.0 Å². The number of pyridine rings is 2. The SMILES string of the molecule is Cc1cccnc1-n1c(C)cc([C@H]2[C@H](c3ccccn3)NC(=S)N2C2CCCCC2)c1C. The molecule has 1 saturated carbocycles. The molecule has 0 radical (unpaired) electrons. The lowest BCUT2D eigenvalue weighted by Gasteiger charge is -2.37. The number of nitrogens with zero attached hydrogens (tertiary/aromatic N) is 4. The molecule has 2 aliphatic rings. The fourth-order valence-corrected chi connectivity index (χ4v) is 5.96. The molecule has 32 heavy (non-hydrogen) atoms. The second-order valence-corrected chi connectivity index (χ2v) is 9.52. The third-order valence-corrected chi connectivity index (χ3v) is 7.41. The number of thiocarbonyl (C=S) groups is 1. The van der Waals surface area contributed by atoms with E-state index in [0.717, 1.165) is 16.6 Å². The predicted octanol–water partition coefficient (Wildman–Crippen LogP) is 5.50. The van der Waals surface area contributed by atoms with Crippen LogP contribution >= 0.6 is 12.2 Å². The molecule has 4 heterocycles. The van der Waals surface area contributed by atoms with Crippen LogP contribution in [0.1, 0.15) is 72.4 Å². The average Bonchev–Trinajstić information content (AvgIpc) is 3.31. The van der Waals surface area contributed by atoms with Gasteiger partial charge in [0.15, 0.2) is 5.11 Å². The predicted molar refractivity (Wildman–Crippen MR) is 132 cm³/mol. The Labute approximate surface area is 195 Å². The van der Waals surface area contributed by atoms with Crippen molar-refractivity contribution in [2.45, 2.75) is 71.0 Å². The molecule has 0 spiro atoms. The van der Waals surface area contributed by atoms with E-state index in [0.29, 0.717) is 6.04 Å². The molecule has 2 atom stereocenters. The second kappa shape index (κ2) is 8.66. The molecule has 1 aliphatic heterocycles. The number of hydrogen-bond donors (Lipinski definition) is 1. The summed E-state index contributed by atoms with van der Waals surface area (Å²) < 4.78 is 2.29. The summed E-state index contributed by atoms with van der Waals surface area (Å²) in [5.74, 6) is 1.00. The molecule has 0 aromatic carbocycles. The zero-order valence-electron chi connectivity index (χ0n) is 19.1. The summed E-state index contributed by atoms with van der Waals surface area (Å²) in [6.45, 7) is 6.51. The molecule has 2 fully saturated rings. The molecule has 3 aromatic heterocycles. The zero-order valence-corrected chi connectivity index (χ0v) is 19.9. The van der Waals surface area contributed by atoms with E-state index in [2.05, 4.69) is 59.8 Å². The van der Waals surface area contributed by atoms with Crippen LogP contribution in [-0.2, 0) is 0 Å². The summed E-state index contributed by atoms with van der Waals surface area (Å²) in [5, 5.41) is 4.50. The smallest absolute Gasteiger partial charge is 0.170 e. The minimum Gasteiger partial charge on any atom is -0.352 e. The van der Waals surface area contributed by atoms with Crippen LogP contribution < -0.4 is 5.32 Å². The van der Waals surface area contributed by atoms with Gasteiger partial charge in [-0.1, -0.05) is 31.4 Å². The van der Waals surface area contributed by atoms with Gasteiger partial charge in [0.25, 0.3) is 0 Å². The quantitative estimate of drug-likeness (QED) is 0.538. The normalized spacial score (nSPS) is 21.7. The first kappa shape index (κ1) is 21.1. The monoisotopic (exact) mass is 445 g/mol. The van der Waals surface area contributed by atoms with E-state index in [4.69, 9.17) is 22.2 Å². The lowest BCUT2D eigenvalue weighted by molar-refractivity contribution is 0.197. The van der Waals surface area contributed by atoms with Gasteiger partial charge < -0.3 is 14.8 Å². The first-order chi connectivity index (χ1) is 15.6. The van der Waals surface area contributed by atoms with E-state index in [1.807, 2.05) is 24.5 Å². The van der Waals surface area contributed by atoms with Crippen LogP contribution in [0.3, 0.4) is 0 Å². The fourth-order valence-electron chi connectivity index (χ4n) is 5.58. The van der Waals surface area contributed by atoms with Gasteiger partial charge in [-0.3, -0.25) is 4.98 Å². The van der Waals surface area contributed by atoms with E-state index in [1.165, 1.54) is 54.6 Å². The molecule has 6 heteroatoms. The van der Waals surface area contributed by atoms with Crippen molar-refractivity contribution in [3.63, 3.8) is 0 Å². The Morgan fingerprint density at radius 3 is 2.47 bits per heavy atom. The molecule has 0 unspecified atom stereocenters. The largest absolute Gasteiger partial charge is 0.352 e. The number of rotatable bonds is 4. The second-order valence-electron chi connectivity index (χ2n) is 9.13. The molecule has 1 aliphatic carbocycles. The zero-order chi connectivity index (χ0) is 22.2. The Balaban J connectivity index is 1.64. The van der Waals surface area contributed by atoms with Gasteiger partial charge >= 0.3 is 0 Å². The highest BCUT2D eigenvalue weighted by atomic mass is 32.1. The highest BCUT2D eigenvalue weighted by Crippen LogP contribution is 2.44. The number of aryl methyl sites for hydroxylation is 2. The highest BCUT2D eigenvalue weighted by molar-refractivity contribution is 7.80. The number of nitrogens with one attached hydrogen (secondary N) is 1. The fraction of sp³-hybridized carbons (Fsp3) is 0.423. The summed E-state index contributed by atoms with van der Waals surface area (Å²) in [5.41, 5.74) is 5.94. The molecule has 5 nitrogen and oxygen atoms in total. The van der Waals surface area contributed by atoms with E-state index >= 15 is 0 Å². The molecular weight excluding hydrogens is 414 g/mol. The molecule has 0 bridgehead atoms. The maximum absolute atomic E-state index is 5.94. The van der Waals surface area contributed by atoms with Crippen molar-refractivity contribution >= 4 is 17.3 Å². The van der Waals surface area contributed by atoms with Gasteiger partial charge in [-0.25, -0.2) is 4.98 Å². The van der Waals surface area contributed by atoms with E-state index in [-0.39, 0.29) is 12.1 Å². The maximum atomic E-state index is 5.94. The third-order valence-electron chi connectivity index (χ3n) is 7.09. The van der Waals surface area contributed by atoms with Crippen molar-refractivity contribution in [1.82, 2.24) is 24.8 Å². The maximum Gasteiger partial charge on any atom is 0.170 e. The van der Waals surface area contributed by atoms with Gasteiger partial charge in [-0.05, 0) is 81.2 Å². The Kier molecular flexibility index (Phi) is 5.72. The van der Waals surface area contributed by atoms with Gasteiger partial charge in [0.1, 0.15) is 5.82 Å². The van der Waals surface area contributed by atoms with Crippen LogP contribution in [-0.4, -0.2) is 30.6 Å². The standard InChI is InChI=1S/C26H31N5S/c1-17-10-9-15-28-25(17)30-18(2)16-21(19(30)3)24-23(22-13-7-8-14-27-22)29-26(32)31(24)20-11-5-4-6-12-20/h7-10,13-16,20,23-24H,4-6,11-12H2,1-3H3,(H,29,32)/t23-,24-/m0/s1. The summed E-state index contributed by atoms with van der Waals surface area (Å²) in [7, 11) is 0. The first-order valence-electron chi connectivity index (χ1n) is 11.7. The first-order valence-corrected chi connectivity index (χ1v) is 12.1. The van der Waals surface area contributed by atoms with Gasteiger partial charge in [0.2, 0.25) is 0 Å². The Morgan fingerprint density at radius 2 is 1.75 bits per heavy atom. The molecule has 1 saturated heterocycles. The van der Waals surface area contributed by atoms with Crippen molar-refractivity contribution in [2.75, 3.05) is 0 Å². The molecule has 1 N–H and O–H groups in total. The van der Waals surface area contributed by atoms with Gasteiger partial charge in [0.05, 0.1) is 17.8 Å². The highest BCUT2D eigenvalue weighted by Gasteiger charge is 2.44. The van der Waals surface area contributed by atoms with Crippen molar-refractivity contribution in [3.8, 4) is 5.82 Å². The van der Waals surface area contributed by atoms with Gasteiger partial charge in [0, 0.05) is 29.8 Å². The van der Waals surface area contributed by atoms with E-state index < -0.39 is 0 Å². The van der Waals surface area contributed by atoms with Crippen LogP contribution in [0.5, 0.6) is 0 Å². The summed E-state index contributed by atoms with van der Waals surface area (Å²) in [4.78, 5) is 11.9. The van der Waals surface area contributed by atoms with Crippen LogP contribution in [0.2, 0.25) is 0 Å².